The zero-order chi connectivity index (χ0) is 19.3. The minimum absolute atomic E-state index is 0.199. The van der Waals surface area contributed by atoms with Crippen LogP contribution >= 0.6 is 22.9 Å². The molecule has 0 atom stereocenters. The molecule has 0 spiro atoms. The number of anilines is 1. The fraction of sp³-hybridized carbons (Fsp3) is 0.0476. The Morgan fingerprint density at radius 2 is 1.89 bits per heavy atom. The molecule has 0 aliphatic carbocycles. The number of hydrogen-bond donors (Lipinski definition) is 1. The summed E-state index contributed by atoms with van der Waals surface area (Å²) >= 11 is 7.53. The minimum atomic E-state index is -0.378. The first-order valence-electron chi connectivity index (χ1n) is 8.47. The Morgan fingerprint density at radius 3 is 2.71 bits per heavy atom. The van der Waals surface area contributed by atoms with Gasteiger partial charge in [0.05, 0.1) is 12.0 Å². The van der Waals surface area contributed by atoms with Crippen LogP contribution in [0.1, 0.15) is 16.1 Å². The van der Waals surface area contributed by atoms with Gasteiger partial charge in [0.15, 0.2) is 10.9 Å². The summed E-state index contributed by atoms with van der Waals surface area (Å²) in [4.78, 5) is 17.0. The zero-order valence-corrected chi connectivity index (χ0v) is 16.2. The van der Waals surface area contributed by atoms with Crippen LogP contribution in [0.3, 0.4) is 0 Å². The maximum absolute atomic E-state index is 12.6. The number of amides is 1. The Bertz CT molecular complexity index is 1090. The van der Waals surface area contributed by atoms with Gasteiger partial charge in [0, 0.05) is 21.5 Å². The molecule has 1 amide bonds. The predicted molar refractivity (Wildman–Crippen MR) is 110 cm³/mol. The van der Waals surface area contributed by atoms with Crippen molar-refractivity contribution in [2.75, 3.05) is 5.32 Å². The molecule has 140 valence electrons. The van der Waals surface area contributed by atoms with Crippen molar-refractivity contribution < 1.29 is 13.9 Å². The monoisotopic (exact) mass is 410 g/mol. The van der Waals surface area contributed by atoms with Gasteiger partial charge < -0.3 is 9.15 Å². The number of rotatable bonds is 6. The molecule has 7 heteroatoms. The second-order valence-electron chi connectivity index (χ2n) is 5.85. The number of carbonyl (C=O) groups is 1. The van der Waals surface area contributed by atoms with Crippen LogP contribution in [0.2, 0.25) is 5.02 Å². The molecule has 0 saturated carbocycles. The first-order chi connectivity index (χ1) is 13.7. The van der Waals surface area contributed by atoms with Gasteiger partial charge in [0.25, 0.3) is 5.91 Å². The maximum Gasteiger partial charge on any atom is 0.293 e. The van der Waals surface area contributed by atoms with Crippen molar-refractivity contribution in [3.05, 3.63) is 88.7 Å². The molecule has 0 unspecified atom stereocenters. The SMILES string of the molecule is O=C(Nc1nc(-c2ccccc2Cl)cs1)c1occc1COc1ccccc1. The number of aromatic nitrogens is 1. The third kappa shape index (κ3) is 4.08. The number of nitrogens with zero attached hydrogens (tertiary/aromatic N) is 1. The normalized spacial score (nSPS) is 10.6. The Kier molecular flexibility index (Phi) is 5.41. The highest BCUT2D eigenvalue weighted by Crippen LogP contribution is 2.30. The number of benzene rings is 2. The number of hydrogen-bond acceptors (Lipinski definition) is 5. The van der Waals surface area contributed by atoms with Crippen LogP contribution in [0.15, 0.2) is 76.7 Å². The van der Waals surface area contributed by atoms with Crippen LogP contribution in [0, 0.1) is 0 Å². The Morgan fingerprint density at radius 1 is 1.11 bits per heavy atom. The lowest BCUT2D eigenvalue weighted by Gasteiger charge is -2.06. The largest absolute Gasteiger partial charge is 0.489 e. The van der Waals surface area contributed by atoms with E-state index in [0.29, 0.717) is 21.4 Å². The molecule has 4 rings (SSSR count). The second-order valence-corrected chi connectivity index (χ2v) is 7.11. The molecule has 0 aliphatic rings. The standard InChI is InChI=1S/C21H15ClN2O3S/c22-17-9-5-4-8-16(17)18-13-28-21(23-18)24-20(25)19-14(10-11-26-19)12-27-15-6-2-1-3-7-15/h1-11,13H,12H2,(H,23,24,25). The van der Waals surface area contributed by atoms with E-state index in [4.69, 9.17) is 20.8 Å². The highest BCUT2D eigenvalue weighted by molar-refractivity contribution is 7.14. The average Bonchev–Trinajstić information content (AvgIpc) is 3.37. The average molecular weight is 411 g/mol. The molecule has 2 heterocycles. The Balaban J connectivity index is 1.45. The summed E-state index contributed by atoms with van der Waals surface area (Å²) in [6.07, 6.45) is 1.47. The van der Waals surface area contributed by atoms with Crippen molar-refractivity contribution in [3.8, 4) is 17.0 Å². The summed E-state index contributed by atoms with van der Waals surface area (Å²) in [5.41, 5.74) is 2.18. The van der Waals surface area contributed by atoms with Gasteiger partial charge in [-0.25, -0.2) is 4.98 Å². The molecule has 0 bridgehead atoms. The number of nitrogens with one attached hydrogen (secondary N) is 1. The molecule has 2 aromatic carbocycles. The second kappa shape index (κ2) is 8.29. The summed E-state index contributed by atoms with van der Waals surface area (Å²) in [5.74, 6) is 0.543. The number of para-hydroxylation sites is 1. The van der Waals surface area contributed by atoms with E-state index in [2.05, 4.69) is 10.3 Å². The molecule has 5 nitrogen and oxygen atoms in total. The summed E-state index contributed by atoms with van der Waals surface area (Å²) in [7, 11) is 0. The molecule has 2 aromatic heterocycles. The lowest BCUT2D eigenvalue weighted by atomic mass is 10.2. The summed E-state index contributed by atoms with van der Waals surface area (Å²) in [6.45, 7) is 0.228. The van der Waals surface area contributed by atoms with Gasteiger partial charge >= 0.3 is 0 Å². The number of thiazole rings is 1. The van der Waals surface area contributed by atoms with E-state index in [1.807, 2.05) is 53.9 Å². The van der Waals surface area contributed by atoms with E-state index in [0.717, 1.165) is 11.3 Å². The summed E-state index contributed by atoms with van der Waals surface area (Å²) in [6, 6.07) is 18.5. The summed E-state index contributed by atoms with van der Waals surface area (Å²) in [5, 5.41) is 5.69. The topological polar surface area (TPSA) is 64.4 Å². The number of furan rings is 1. The van der Waals surface area contributed by atoms with Crippen LogP contribution in [-0.4, -0.2) is 10.9 Å². The van der Waals surface area contributed by atoms with E-state index in [1.165, 1.54) is 17.6 Å². The van der Waals surface area contributed by atoms with Gasteiger partial charge in [0.1, 0.15) is 12.4 Å². The highest BCUT2D eigenvalue weighted by atomic mass is 35.5. The lowest BCUT2D eigenvalue weighted by Crippen LogP contribution is -2.13. The smallest absolute Gasteiger partial charge is 0.293 e. The maximum atomic E-state index is 12.6. The van der Waals surface area contributed by atoms with Crippen molar-refractivity contribution in [2.45, 2.75) is 6.61 Å². The first-order valence-corrected chi connectivity index (χ1v) is 9.72. The zero-order valence-electron chi connectivity index (χ0n) is 14.6. The molecule has 0 radical (unpaired) electrons. The van der Waals surface area contributed by atoms with E-state index in [9.17, 15) is 4.79 Å². The molecule has 4 aromatic rings. The molecule has 0 aliphatic heterocycles. The highest BCUT2D eigenvalue weighted by Gasteiger charge is 2.18. The van der Waals surface area contributed by atoms with E-state index in [-0.39, 0.29) is 18.3 Å². The fourth-order valence-electron chi connectivity index (χ4n) is 2.60. The molecular weight excluding hydrogens is 396 g/mol. The predicted octanol–water partition coefficient (Wildman–Crippen LogP) is 5.89. The van der Waals surface area contributed by atoms with Gasteiger partial charge in [-0.15, -0.1) is 11.3 Å². The first kappa shape index (κ1) is 18.3. The van der Waals surface area contributed by atoms with Gasteiger partial charge in [-0.3, -0.25) is 10.1 Å². The quantitative estimate of drug-likeness (QED) is 0.430. The molecule has 28 heavy (non-hydrogen) atoms. The van der Waals surface area contributed by atoms with Gasteiger partial charge in [-0.05, 0) is 24.3 Å². The molecule has 1 N–H and O–H groups in total. The van der Waals surface area contributed by atoms with Crippen LogP contribution in [-0.2, 0) is 6.61 Å². The van der Waals surface area contributed by atoms with Crippen LogP contribution in [0.25, 0.3) is 11.3 Å². The van der Waals surface area contributed by atoms with Gasteiger partial charge in [-0.1, -0.05) is 48.0 Å². The number of ether oxygens (including phenoxy) is 1. The third-order valence-electron chi connectivity index (χ3n) is 3.96. The fourth-order valence-corrected chi connectivity index (χ4v) is 3.54. The van der Waals surface area contributed by atoms with Crippen LogP contribution < -0.4 is 10.1 Å². The Labute approximate surface area is 170 Å². The Hall–Kier alpha value is -3.09. The van der Waals surface area contributed by atoms with Crippen LogP contribution in [0.5, 0.6) is 5.75 Å². The lowest BCUT2D eigenvalue weighted by molar-refractivity contribution is 0.0993. The van der Waals surface area contributed by atoms with Gasteiger partial charge in [0.2, 0.25) is 0 Å². The van der Waals surface area contributed by atoms with E-state index >= 15 is 0 Å². The van der Waals surface area contributed by atoms with Crippen molar-refractivity contribution in [3.63, 3.8) is 0 Å². The number of carbonyl (C=O) groups excluding carboxylic acids is 1. The van der Waals surface area contributed by atoms with Crippen molar-refractivity contribution in [2.24, 2.45) is 0 Å². The van der Waals surface area contributed by atoms with E-state index < -0.39 is 0 Å². The summed E-state index contributed by atoms with van der Waals surface area (Å²) < 4.78 is 11.1. The van der Waals surface area contributed by atoms with E-state index in [1.54, 1.807) is 12.1 Å². The van der Waals surface area contributed by atoms with Gasteiger partial charge in [-0.2, -0.15) is 0 Å². The molecule has 0 fully saturated rings. The molecular formula is C21H15ClN2O3S. The van der Waals surface area contributed by atoms with Crippen LogP contribution in [0.4, 0.5) is 5.13 Å². The third-order valence-corrected chi connectivity index (χ3v) is 5.05. The number of halogens is 1. The molecule has 0 saturated heterocycles. The van der Waals surface area contributed by atoms with Crippen molar-refractivity contribution >= 4 is 34.0 Å². The van der Waals surface area contributed by atoms with Crippen molar-refractivity contribution in [1.29, 1.82) is 0 Å². The van der Waals surface area contributed by atoms with Crippen molar-refractivity contribution in [1.82, 2.24) is 4.98 Å². The minimum Gasteiger partial charge on any atom is -0.489 e.